The number of rotatable bonds is 7. The van der Waals surface area contributed by atoms with Crippen LogP contribution in [-0.2, 0) is 0 Å². The first kappa shape index (κ1) is 17.2. The fraction of sp³-hybridized carbons (Fsp3) is 0.933. The van der Waals surface area contributed by atoms with Crippen molar-refractivity contribution >= 4 is 6.09 Å². The van der Waals surface area contributed by atoms with Crippen molar-refractivity contribution in [2.75, 3.05) is 47.3 Å². The van der Waals surface area contributed by atoms with Gasteiger partial charge in [-0.05, 0) is 46.4 Å². The summed E-state index contributed by atoms with van der Waals surface area (Å²) in [4.78, 5) is 17.0. The SMILES string of the molecule is CCCCC1(N(C)C)CCN(CCN(C)C(=O)O)CC1. The zero-order valence-corrected chi connectivity index (χ0v) is 13.6. The average Bonchev–Trinajstić information content (AvgIpc) is 2.43. The van der Waals surface area contributed by atoms with E-state index in [2.05, 4.69) is 30.8 Å². The summed E-state index contributed by atoms with van der Waals surface area (Å²) in [5.41, 5.74) is 0.352. The lowest BCUT2D eigenvalue weighted by molar-refractivity contribution is 0.0445. The summed E-state index contributed by atoms with van der Waals surface area (Å²) in [6.45, 7) is 5.85. The summed E-state index contributed by atoms with van der Waals surface area (Å²) < 4.78 is 0. The Balaban J connectivity index is 2.42. The highest BCUT2D eigenvalue weighted by atomic mass is 16.4. The maximum Gasteiger partial charge on any atom is 0.407 e. The van der Waals surface area contributed by atoms with E-state index in [0.29, 0.717) is 12.1 Å². The van der Waals surface area contributed by atoms with Crippen molar-refractivity contribution in [3.8, 4) is 0 Å². The summed E-state index contributed by atoms with van der Waals surface area (Å²) in [7, 11) is 6.03. The van der Waals surface area contributed by atoms with Gasteiger partial charge in [0.15, 0.2) is 0 Å². The predicted octanol–water partition coefficient (Wildman–Crippen LogP) is 2.18. The molecule has 1 rings (SSSR count). The zero-order valence-electron chi connectivity index (χ0n) is 13.6. The molecule has 1 N–H and O–H groups in total. The first-order valence-corrected chi connectivity index (χ1v) is 7.75. The van der Waals surface area contributed by atoms with Gasteiger partial charge >= 0.3 is 6.09 Å². The van der Waals surface area contributed by atoms with Crippen LogP contribution in [0.4, 0.5) is 4.79 Å². The Morgan fingerprint density at radius 2 is 1.85 bits per heavy atom. The molecule has 0 radical (unpaired) electrons. The van der Waals surface area contributed by atoms with Gasteiger partial charge in [0, 0.05) is 25.7 Å². The van der Waals surface area contributed by atoms with Gasteiger partial charge in [0.05, 0.1) is 0 Å². The maximum atomic E-state index is 10.8. The highest BCUT2D eigenvalue weighted by Gasteiger charge is 2.35. The molecule has 1 fully saturated rings. The minimum absolute atomic E-state index is 0.352. The molecule has 0 aromatic carbocycles. The minimum atomic E-state index is -0.840. The molecule has 0 atom stereocenters. The molecule has 0 bridgehead atoms. The van der Waals surface area contributed by atoms with Crippen molar-refractivity contribution in [2.24, 2.45) is 0 Å². The Kier molecular flexibility index (Phi) is 6.76. The lowest BCUT2D eigenvalue weighted by Crippen LogP contribution is -2.53. The van der Waals surface area contributed by atoms with Crippen molar-refractivity contribution in [3.05, 3.63) is 0 Å². The largest absolute Gasteiger partial charge is 0.465 e. The zero-order chi connectivity index (χ0) is 15.2. The molecule has 20 heavy (non-hydrogen) atoms. The van der Waals surface area contributed by atoms with Crippen LogP contribution in [0, 0.1) is 0 Å². The van der Waals surface area contributed by atoms with Gasteiger partial charge in [-0.2, -0.15) is 0 Å². The Morgan fingerprint density at radius 3 is 2.30 bits per heavy atom. The number of likely N-dealkylation sites (N-methyl/N-ethyl adjacent to an activating group) is 1. The van der Waals surface area contributed by atoms with E-state index in [1.54, 1.807) is 7.05 Å². The molecular formula is C15H31N3O2. The van der Waals surface area contributed by atoms with Gasteiger partial charge in [-0.25, -0.2) is 4.79 Å². The van der Waals surface area contributed by atoms with E-state index in [9.17, 15) is 4.79 Å². The Labute approximate surface area is 123 Å². The molecule has 5 heteroatoms. The monoisotopic (exact) mass is 285 g/mol. The molecule has 0 unspecified atom stereocenters. The molecule has 118 valence electrons. The molecule has 0 aliphatic carbocycles. The predicted molar refractivity (Wildman–Crippen MR) is 82.3 cm³/mol. The molecular weight excluding hydrogens is 254 g/mol. The van der Waals surface area contributed by atoms with Gasteiger partial charge in [-0.3, -0.25) is 0 Å². The van der Waals surface area contributed by atoms with Crippen LogP contribution >= 0.6 is 0 Å². The first-order valence-electron chi connectivity index (χ1n) is 7.75. The van der Waals surface area contributed by atoms with Crippen LogP contribution in [0.25, 0.3) is 0 Å². The van der Waals surface area contributed by atoms with E-state index in [-0.39, 0.29) is 0 Å². The molecule has 0 spiro atoms. The number of carbonyl (C=O) groups is 1. The smallest absolute Gasteiger partial charge is 0.407 e. The van der Waals surface area contributed by atoms with E-state index >= 15 is 0 Å². The van der Waals surface area contributed by atoms with Crippen LogP contribution in [0.1, 0.15) is 39.0 Å². The van der Waals surface area contributed by atoms with E-state index in [4.69, 9.17) is 5.11 Å². The van der Waals surface area contributed by atoms with E-state index in [1.165, 1.54) is 37.0 Å². The molecule has 1 heterocycles. The highest BCUT2D eigenvalue weighted by molar-refractivity contribution is 5.64. The second-order valence-electron chi connectivity index (χ2n) is 6.27. The van der Waals surface area contributed by atoms with Crippen molar-refractivity contribution < 1.29 is 9.90 Å². The normalized spacial score (nSPS) is 19.2. The maximum absolute atomic E-state index is 10.8. The van der Waals surface area contributed by atoms with Crippen LogP contribution in [0.3, 0.4) is 0 Å². The van der Waals surface area contributed by atoms with Gasteiger partial charge in [-0.1, -0.05) is 19.8 Å². The van der Waals surface area contributed by atoms with Crippen LogP contribution in [0.2, 0.25) is 0 Å². The second-order valence-corrected chi connectivity index (χ2v) is 6.27. The minimum Gasteiger partial charge on any atom is -0.465 e. The van der Waals surface area contributed by atoms with Gasteiger partial charge in [0.25, 0.3) is 0 Å². The van der Waals surface area contributed by atoms with Crippen molar-refractivity contribution in [1.29, 1.82) is 0 Å². The fourth-order valence-electron chi connectivity index (χ4n) is 3.01. The molecule has 1 aliphatic rings. The fourth-order valence-corrected chi connectivity index (χ4v) is 3.01. The highest BCUT2D eigenvalue weighted by Crippen LogP contribution is 2.32. The molecule has 0 saturated carbocycles. The second kappa shape index (κ2) is 7.84. The number of nitrogens with zero attached hydrogens (tertiary/aromatic N) is 3. The third-order valence-corrected chi connectivity index (χ3v) is 4.81. The lowest BCUT2D eigenvalue weighted by Gasteiger charge is -2.46. The molecule has 1 amide bonds. The lowest BCUT2D eigenvalue weighted by atomic mass is 9.82. The molecule has 5 nitrogen and oxygen atoms in total. The number of carboxylic acid groups (broad SMARTS) is 1. The number of hydrogen-bond acceptors (Lipinski definition) is 3. The van der Waals surface area contributed by atoms with Crippen molar-refractivity contribution in [2.45, 2.75) is 44.6 Å². The summed E-state index contributed by atoms with van der Waals surface area (Å²) in [6.07, 6.45) is 5.36. The summed E-state index contributed by atoms with van der Waals surface area (Å²) in [6, 6.07) is 0. The van der Waals surface area contributed by atoms with E-state index < -0.39 is 6.09 Å². The van der Waals surface area contributed by atoms with Gasteiger partial charge in [0.1, 0.15) is 0 Å². The third-order valence-electron chi connectivity index (χ3n) is 4.81. The topological polar surface area (TPSA) is 47.0 Å². The van der Waals surface area contributed by atoms with Crippen LogP contribution < -0.4 is 0 Å². The summed E-state index contributed by atoms with van der Waals surface area (Å²) >= 11 is 0. The Hall–Kier alpha value is -0.810. The standard InChI is InChI=1S/C15H31N3O2/c1-5-6-7-15(16(2)3)8-10-18(11-9-15)13-12-17(4)14(19)20/h5-13H2,1-4H3,(H,19,20). The average molecular weight is 285 g/mol. The van der Waals surface area contributed by atoms with Crippen molar-refractivity contribution in [1.82, 2.24) is 14.7 Å². The number of hydrogen-bond donors (Lipinski definition) is 1. The van der Waals surface area contributed by atoms with E-state index in [1.807, 2.05) is 0 Å². The summed E-state index contributed by atoms with van der Waals surface area (Å²) in [5.74, 6) is 0. The number of unbranched alkanes of at least 4 members (excludes halogenated alkanes) is 1. The Morgan fingerprint density at radius 1 is 1.25 bits per heavy atom. The third kappa shape index (κ3) is 4.63. The van der Waals surface area contributed by atoms with Crippen molar-refractivity contribution in [3.63, 3.8) is 0 Å². The number of amides is 1. The van der Waals surface area contributed by atoms with Crippen LogP contribution in [-0.4, -0.2) is 78.8 Å². The quantitative estimate of drug-likeness (QED) is 0.779. The van der Waals surface area contributed by atoms with Crippen LogP contribution in [0.5, 0.6) is 0 Å². The molecule has 1 aliphatic heterocycles. The van der Waals surface area contributed by atoms with E-state index in [0.717, 1.165) is 19.6 Å². The first-order chi connectivity index (χ1) is 9.41. The number of likely N-dealkylation sites (tertiary alicyclic amines) is 1. The molecule has 0 aromatic heterocycles. The molecule has 0 aromatic rings. The molecule has 1 saturated heterocycles. The summed E-state index contributed by atoms with van der Waals surface area (Å²) in [5, 5.41) is 8.87. The van der Waals surface area contributed by atoms with Gasteiger partial charge < -0.3 is 19.8 Å². The Bertz CT molecular complexity index is 299. The van der Waals surface area contributed by atoms with Gasteiger partial charge in [0.2, 0.25) is 0 Å². The van der Waals surface area contributed by atoms with Gasteiger partial charge in [-0.15, -0.1) is 0 Å². The number of piperidine rings is 1. The van der Waals surface area contributed by atoms with Crippen LogP contribution in [0.15, 0.2) is 0 Å².